The minimum absolute atomic E-state index is 0.545. The summed E-state index contributed by atoms with van der Waals surface area (Å²) in [5.74, 6) is 0.929. The van der Waals surface area contributed by atoms with Crippen molar-refractivity contribution in [2.75, 3.05) is 0 Å². The van der Waals surface area contributed by atoms with Gasteiger partial charge in [0.15, 0.2) is 0 Å². The summed E-state index contributed by atoms with van der Waals surface area (Å²) in [6, 6.07) is 7.19. The maximum absolute atomic E-state index is 2.51. The van der Waals surface area contributed by atoms with Crippen molar-refractivity contribution < 1.29 is 0 Å². The van der Waals surface area contributed by atoms with Gasteiger partial charge in [0.25, 0.3) is 0 Å². The van der Waals surface area contributed by atoms with Crippen LogP contribution < -0.4 is 0 Å². The number of fused-ring (bicyclic) bond motifs is 5. The van der Waals surface area contributed by atoms with Crippen molar-refractivity contribution in [2.24, 2.45) is 5.92 Å². The molecule has 0 heteroatoms. The molecule has 0 nitrogen and oxygen atoms in total. The highest BCUT2D eigenvalue weighted by molar-refractivity contribution is 5.45. The van der Waals surface area contributed by atoms with Crippen molar-refractivity contribution in [2.45, 2.75) is 50.9 Å². The molecule has 0 heterocycles. The lowest BCUT2D eigenvalue weighted by Crippen LogP contribution is -2.35. The predicted molar refractivity (Wildman–Crippen MR) is 71.2 cm³/mol. The van der Waals surface area contributed by atoms with Crippen LogP contribution in [0.4, 0.5) is 0 Å². The molecule has 0 aliphatic heterocycles. The number of aryl methyl sites for hydroxylation is 2. The fourth-order valence-electron chi connectivity index (χ4n) is 4.62. The van der Waals surface area contributed by atoms with E-state index in [1.54, 1.807) is 16.7 Å². The van der Waals surface area contributed by atoms with E-state index in [4.69, 9.17) is 0 Å². The highest BCUT2D eigenvalue weighted by Gasteiger charge is 2.49. The molecule has 4 rings (SSSR count). The van der Waals surface area contributed by atoms with Gasteiger partial charge in [-0.05, 0) is 62.5 Å². The number of hydrogen-bond donors (Lipinski definition) is 0. The summed E-state index contributed by atoms with van der Waals surface area (Å²) in [5, 5.41) is 0. The molecule has 0 N–H and O–H groups in total. The van der Waals surface area contributed by atoms with Gasteiger partial charge >= 0.3 is 0 Å². The van der Waals surface area contributed by atoms with Crippen LogP contribution in [0.25, 0.3) is 0 Å². The second kappa shape index (κ2) is 3.25. The summed E-state index contributed by atoms with van der Waals surface area (Å²) in [4.78, 5) is 0. The number of allylic oxidation sites excluding steroid dienone is 2. The lowest BCUT2D eigenvalue weighted by molar-refractivity contribution is 0.269. The lowest BCUT2D eigenvalue weighted by atomic mass is 9.62. The maximum Gasteiger partial charge on any atom is 0.00273 e. The van der Waals surface area contributed by atoms with Crippen LogP contribution in [0.5, 0.6) is 0 Å². The first-order chi connectivity index (χ1) is 8.28. The Morgan fingerprint density at radius 1 is 1.29 bits per heavy atom. The van der Waals surface area contributed by atoms with Crippen LogP contribution in [0.15, 0.2) is 29.8 Å². The van der Waals surface area contributed by atoms with Crippen LogP contribution in [0.1, 0.15) is 48.8 Å². The average molecular weight is 224 g/mol. The molecule has 2 bridgehead atoms. The summed E-state index contributed by atoms with van der Waals surface area (Å²) in [6.07, 6.45) is 10.8. The number of hydrogen-bond acceptors (Lipinski definition) is 0. The van der Waals surface area contributed by atoms with E-state index in [9.17, 15) is 0 Å². The molecule has 0 aromatic heterocycles. The van der Waals surface area contributed by atoms with E-state index >= 15 is 0 Å². The predicted octanol–water partition coefficient (Wildman–Crippen LogP) is 4.31. The Bertz CT molecular complexity index is 509. The second-order valence-corrected chi connectivity index (χ2v) is 6.35. The molecule has 1 spiro atoms. The fourth-order valence-corrected chi connectivity index (χ4v) is 4.62. The van der Waals surface area contributed by atoms with E-state index < -0.39 is 0 Å². The Morgan fingerprint density at radius 2 is 2.24 bits per heavy atom. The minimum Gasteiger partial charge on any atom is -0.0850 e. The molecule has 1 aromatic rings. The molecule has 3 aliphatic rings. The largest absolute Gasteiger partial charge is 0.0850 e. The number of benzene rings is 1. The SMILES string of the molecule is Cc1ccc2c(c1)C1(CCC2)CC2=CCC1C2. The lowest BCUT2D eigenvalue weighted by Gasteiger charge is -2.41. The summed E-state index contributed by atoms with van der Waals surface area (Å²) in [5.41, 5.74) is 7.11. The van der Waals surface area contributed by atoms with Gasteiger partial charge in [-0.3, -0.25) is 0 Å². The third-order valence-corrected chi connectivity index (χ3v) is 5.39. The summed E-state index contributed by atoms with van der Waals surface area (Å²) in [7, 11) is 0. The summed E-state index contributed by atoms with van der Waals surface area (Å²) in [6.45, 7) is 2.25. The van der Waals surface area contributed by atoms with Crippen molar-refractivity contribution in [1.82, 2.24) is 0 Å². The molecule has 1 aromatic carbocycles. The molecule has 0 amide bonds. The van der Waals surface area contributed by atoms with Gasteiger partial charge in [0.1, 0.15) is 0 Å². The van der Waals surface area contributed by atoms with Crippen LogP contribution in [0.2, 0.25) is 0 Å². The zero-order chi connectivity index (χ0) is 11.5. The average Bonchev–Trinajstić information content (AvgIpc) is 2.91. The number of rotatable bonds is 0. The zero-order valence-electron chi connectivity index (χ0n) is 10.6. The van der Waals surface area contributed by atoms with Crippen LogP contribution in [-0.4, -0.2) is 0 Å². The Hall–Kier alpha value is -1.04. The van der Waals surface area contributed by atoms with Crippen molar-refractivity contribution >= 4 is 0 Å². The van der Waals surface area contributed by atoms with Gasteiger partial charge in [0.2, 0.25) is 0 Å². The molecule has 0 radical (unpaired) electrons. The molecule has 0 saturated heterocycles. The van der Waals surface area contributed by atoms with Crippen molar-refractivity contribution in [1.29, 1.82) is 0 Å². The first kappa shape index (κ1) is 9.94. The smallest absolute Gasteiger partial charge is 0.00273 e. The maximum atomic E-state index is 2.51. The highest BCUT2D eigenvalue weighted by atomic mass is 14.5. The molecular formula is C17H20. The van der Waals surface area contributed by atoms with E-state index in [0.717, 1.165) is 5.92 Å². The Morgan fingerprint density at radius 3 is 3.00 bits per heavy atom. The van der Waals surface area contributed by atoms with Crippen LogP contribution >= 0.6 is 0 Å². The topological polar surface area (TPSA) is 0 Å². The van der Waals surface area contributed by atoms with Crippen molar-refractivity contribution in [3.63, 3.8) is 0 Å². The van der Waals surface area contributed by atoms with E-state index in [1.165, 1.54) is 44.1 Å². The minimum atomic E-state index is 0.545. The second-order valence-electron chi connectivity index (χ2n) is 6.35. The molecule has 1 fully saturated rings. The highest BCUT2D eigenvalue weighted by Crippen LogP contribution is 2.58. The molecule has 2 atom stereocenters. The van der Waals surface area contributed by atoms with Gasteiger partial charge in [0.05, 0.1) is 0 Å². The van der Waals surface area contributed by atoms with Crippen LogP contribution in [0, 0.1) is 12.8 Å². The monoisotopic (exact) mass is 224 g/mol. The van der Waals surface area contributed by atoms with Gasteiger partial charge in [0, 0.05) is 5.41 Å². The summed E-state index contributed by atoms with van der Waals surface area (Å²) < 4.78 is 0. The molecule has 3 aliphatic carbocycles. The Labute approximate surface area is 104 Å². The zero-order valence-corrected chi connectivity index (χ0v) is 10.6. The fraction of sp³-hybridized carbons (Fsp3) is 0.529. The van der Waals surface area contributed by atoms with Gasteiger partial charge < -0.3 is 0 Å². The molecular weight excluding hydrogens is 204 g/mol. The van der Waals surface area contributed by atoms with Crippen molar-refractivity contribution in [3.8, 4) is 0 Å². The third kappa shape index (κ3) is 1.24. The first-order valence-electron chi connectivity index (χ1n) is 7.06. The normalized spacial score (nSPS) is 33.9. The van der Waals surface area contributed by atoms with E-state index in [1.807, 2.05) is 0 Å². The third-order valence-electron chi connectivity index (χ3n) is 5.39. The molecule has 1 saturated carbocycles. The van der Waals surface area contributed by atoms with Gasteiger partial charge in [-0.25, -0.2) is 0 Å². The van der Waals surface area contributed by atoms with Gasteiger partial charge in [-0.1, -0.05) is 35.4 Å². The molecule has 2 unspecified atom stereocenters. The van der Waals surface area contributed by atoms with Crippen molar-refractivity contribution in [3.05, 3.63) is 46.5 Å². The van der Waals surface area contributed by atoms with Crippen LogP contribution in [-0.2, 0) is 11.8 Å². The standard InChI is InChI=1S/C17H20/c1-12-4-6-14-3-2-8-17(16(14)9-12)11-13-5-7-15(17)10-13/h4-6,9,15H,2-3,7-8,10-11H2,1H3. The van der Waals surface area contributed by atoms with E-state index in [-0.39, 0.29) is 0 Å². The summed E-state index contributed by atoms with van der Waals surface area (Å²) >= 11 is 0. The van der Waals surface area contributed by atoms with E-state index in [0.29, 0.717) is 5.41 Å². The molecule has 88 valence electrons. The van der Waals surface area contributed by atoms with Gasteiger partial charge in [-0.15, -0.1) is 0 Å². The Kier molecular flexibility index (Phi) is 1.90. The van der Waals surface area contributed by atoms with Gasteiger partial charge in [-0.2, -0.15) is 0 Å². The Balaban J connectivity index is 1.90. The van der Waals surface area contributed by atoms with E-state index in [2.05, 4.69) is 31.2 Å². The quantitative estimate of drug-likeness (QED) is 0.576. The van der Waals surface area contributed by atoms with Crippen LogP contribution in [0.3, 0.4) is 0 Å². The first-order valence-corrected chi connectivity index (χ1v) is 7.06. The molecule has 17 heavy (non-hydrogen) atoms.